The number of amides is 1. The van der Waals surface area contributed by atoms with Crippen LogP contribution in [0.1, 0.15) is 30.1 Å². The van der Waals surface area contributed by atoms with E-state index in [1.165, 1.54) is 12.1 Å². The van der Waals surface area contributed by atoms with Crippen molar-refractivity contribution < 1.29 is 18.3 Å². The number of alkyl halides is 2. The fourth-order valence-corrected chi connectivity index (χ4v) is 2.59. The van der Waals surface area contributed by atoms with Gasteiger partial charge in [-0.1, -0.05) is 19.1 Å². The first-order valence-corrected chi connectivity index (χ1v) is 7.19. The Morgan fingerprint density at radius 3 is 2.86 bits per heavy atom. The number of nitrogens with one attached hydrogen (secondary N) is 1. The van der Waals surface area contributed by atoms with Crippen molar-refractivity contribution in [3.63, 3.8) is 0 Å². The number of carbonyl (C=O) groups is 1. The van der Waals surface area contributed by atoms with Crippen LogP contribution in [-0.2, 0) is 0 Å². The molecule has 1 aliphatic rings. The number of halogens is 2. The molecule has 0 saturated carbocycles. The van der Waals surface area contributed by atoms with Crippen LogP contribution in [-0.4, -0.2) is 43.1 Å². The summed E-state index contributed by atoms with van der Waals surface area (Å²) in [6, 6.07) is 6.27. The van der Waals surface area contributed by atoms with Crippen LogP contribution in [0.2, 0.25) is 0 Å². The molecule has 1 atom stereocenters. The lowest BCUT2D eigenvalue weighted by Gasteiger charge is -2.29. The van der Waals surface area contributed by atoms with E-state index in [0.717, 1.165) is 25.9 Å². The molecule has 0 aromatic heterocycles. The monoisotopic (exact) mass is 298 g/mol. The highest BCUT2D eigenvalue weighted by molar-refractivity contribution is 5.97. The molecule has 1 aromatic rings. The van der Waals surface area contributed by atoms with Crippen LogP contribution in [0.5, 0.6) is 5.75 Å². The number of hydrogen-bond acceptors (Lipinski definition) is 3. The van der Waals surface area contributed by atoms with Crippen LogP contribution in [0, 0.1) is 0 Å². The first-order valence-electron chi connectivity index (χ1n) is 7.19. The maximum absolute atomic E-state index is 12.7. The zero-order chi connectivity index (χ0) is 15.2. The summed E-state index contributed by atoms with van der Waals surface area (Å²) in [4.78, 5) is 14.5. The third-order valence-corrected chi connectivity index (χ3v) is 3.53. The van der Waals surface area contributed by atoms with E-state index in [1.807, 2.05) is 6.92 Å². The Balaban J connectivity index is 2.23. The molecule has 1 amide bonds. The highest BCUT2D eigenvalue weighted by Crippen LogP contribution is 2.24. The summed E-state index contributed by atoms with van der Waals surface area (Å²) in [6.45, 7) is 1.27. The van der Waals surface area contributed by atoms with Crippen LogP contribution >= 0.6 is 0 Å². The van der Waals surface area contributed by atoms with E-state index in [2.05, 4.69) is 10.1 Å². The minimum atomic E-state index is -2.94. The molecule has 0 bridgehead atoms. The van der Waals surface area contributed by atoms with Crippen LogP contribution in [0.3, 0.4) is 0 Å². The highest BCUT2D eigenvalue weighted by atomic mass is 19.3. The second-order valence-corrected chi connectivity index (χ2v) is 5.02. The standard InChI is InChI=1S/C15H20F2N2O2/c1-2-9-19(11-7-8-18-10-11)14(20)12-5-3-4-6-13(12)21-15(16)17/h3-6,11,15,18H,2,7-10H2,1H3. The minimum absolute atomic E-state index is 0.0652. The molecule has 6 heteroatoms. The van der Waals surface area contributed by atoms with Gasteiger partial charge >= 0.3 is 6.61 Å². The lowest BCUT2D eigenvalue weighted by atomic mass is 10.1. The molecular formula is C15H20F2N2O2. The quantitative estimate of drug-likeness (QED) is 0.877. The number of nitrogens with zero attached hydrogens (tertiary/aromatic N) is 1. The molecule has 1 aromatic carbocycles. The Bertz CT molecular complexity index is 476. The predicted octanol–water partition coefficient (Wildman–Crippen LogP) is 2.50. The molecule has 1 saturated heterocycles. The summed E-state index contributed by atoms with van der Waals surface area (Å²) < 4.78 is 29.4. The van der Waals surface area contributed by atoms with Gasteiger partial charge in [-0.2, -0.15) is 8.78 Å². The molecule has 2 rings (SSSR count). The topological polar surface area (TPSA) is 41.6 Å². The number of benzene rings is 1. The van der Waals surface area contributed by atoms with Gasteiger partial charge < -0.3 is 15.0 Å². The van der Waals surface area contributed by atoms with Gasteiger partial charge in [0.25, 0.3) is 5.91 Å². The smallest absolute Gasteiger partial charge is 0.387 e. The molecule has 0 aliphatic carbocycles. The summed E-state index contributed by atoms with van der Waals surface area (Å²) in [5, 5.41) is 3.22. The maximum Gasteiger partial charge on any atom is 0.387 e. The summed E-state index contributed by atoms with van der Waals surface area (Å²) in [5.74, 6) is -0.314. The molecule has 0 radical (unpaired) electrons. The molecule has 21 heavy (non-hydrogen) atoms. The first-order chi connectivity index (χ1) is 10.1. The van der Waals surface area contributed by atoms with Gasteiger partial charge in [0, 0.05) is 19.1 Å². The first kappa shape index (κ1) is 15.7. The van der Waals surface area contributed by atoms with Gasteiger partial charge in [0.1, 0.15) is 5.75 Å². The Hall–Kier alpha value is -1.69. The fraction of sp³-hybridized carbons (Fsp3) is 0.533. The van der Waals surface area contributed by atoms with Crippen molar-refractivity contribution in [3.05, 3.63) is 29.8 Å². The number of hydrogen-bond donors (Lipinski definition) is 1. The van der Waals surface area contributed by atoms with Crippen molar-refractivity contribution in [2.45, 2.75) is 32.4 Å². The van der Waals surface area contributed by atoms with E-state index < -0.39 is 6.61 Å². The van der Waals surface area contributed by atoms with Crippen molar-refractivity contribution >= 4 is 5.91 Å². The highest BCUT2D eigenvalue weighted by Gasteiger charge is 2.28. The predicted molar refractivity (Wildman–Crippen MR) is 75.7 cm³/mol. The van der Waals surface area contributed by atoms with Gasteiger partial charge in [-0.05, 0) is 31.5 Å². The van der Waals surface area contributed by atoms with E-state index in [-0.39, 0.29) is 23.3 Å². The average Bonchev–Trinajstić information content (AvgIpc) is 2.98. The maximum atomic E-state index is 12.7. The Morgan fingerprint density at radius 2 is 2.24 bits per heavy atom. The largest absolute Gasteiger partial charge is 0.434 e. The molecule has 1 heterocycles. The van der Waals surface area contributed by atoms with Crippen LogP contribution in [0.15, 0.2) is 24.3 Å². The summed E-state index contributed by atoms with van der Waals surface area (Å²) in [7, 11) is 0. The molecule has 1 N–H and O–H groups in total. The zero-order valence-electron chi connectivity index (χ0n) is 12.0. The van der Waals surface area contributed by atoms with Crippen molar-refractivity contribution in [3.8, 4) is 5.75 Å². The number of ether oxygens (including phenoxy) is 1. The average molecular weight is 298 g/mol. The Labute approximate surface area is 123 Å². The second kappa shape index (κ2) is 7.36. The van der Waals surface area contributed by atoms with Gasteiger partial charge in [0.05, 0.1) is 5.56 Å². The van der Waals surface area contributed by atoms with Gasteiger partial charge in [0.15, 0.2) is 0 Å². The van der Waals surface area contributed by atoms with E-state index in [0.29, 0.717) is 6.54 Å². The van der Waals surface area contributed by atoms with E-state index in [1.54, 1.807) is 17.0 Å². The molecule has 0 spiro atoms. The van der Waals surface area contributed by atoms with Crippen LogP contribution < -0.4 is 10.1 Å². The molecule has 1 aliphatic heterocycles. The number of rotatable bonds is 6. The molecular weight excluding hydrogens is 278 g/mol. The van der Waals surface area contributed by atoms with Crippen molar-refractivity contribution in [2.24, 2.45) is 0 Å². The zero-order valence-corrected chi connectivity index (χ0v) is 12.0. The minimum Gasteiger partial charge on any atom is -0.434 e. The molecule has 116 valence electrons. The van der Waals surface area contributed by atoms with Crippen molar-refractivity contribution in [1.29, 1.82) is 0 Å². The van der Waals surface area contributed by atoms with Gasteiger partial charge in [-0.3, -0.25) is 4.79 Å². The summed E-state index contributed by atoms with van der Waals surface area (Å²) in [5.41, 5.74) is 0.193. The van der Waals surface area contributed by atoms with Crippen LogP contribution in [0.4, 0.5) is 8.78 Å². The summed E-state index contributed by atoms with van der Waals surface area (Å²) >= 11 is 0. The van der Waals surface area contributed by atoms with E-state index in [9.17, 15) is 13.6 Å². The molecule has 4 nitrogen and oxygen atoms in total. The SMILES string of the molecule is CCCN(C(=O)c1ccccc1OC(F)F)C1CCNC1. The lowest BCUT2D eigenvalue weighted by Crippen LogP contribution is -2.42. The van der Waals surface area contributed by atoms with Crippen molar-refractivity contribution in [1.82, 2.24) is 10.2 Å². The molecule has 1 fully saturated rings. The number of para-hydroxylation sites is 1. The van der Waals surface area contributed by atoms with Crippen molar-refractivity contribution in [2.75, 3.05) is 19.6 Å². The third kappa shape index (κ3) is 3.91. The van der Waals surface area contributed by atoms with E-state index in [4.69, 9.17) is 0 Å². The Morgan fingerprint density at radius 1 is 1.48 bits per heavy atom. The van der Waals surface area contributed by atoms with E-state index >= 15 is 0 Å². The number of carbonyl (C=O) groups excluding carboxylic acids is 1. The second-order valence-electron chi connectivity index (χ2n) is 5.02. The Kier molecular flexibility index (Phi) is 5.50. The normalized spacial score (nSPS) is 18.0. The third-order valence-electron chi connectivity index (χ3n) is 3.53. The fourth-order valence-electron chi connectivity index (χ4n) is 2.59. The van der Waals surface area contributed by atoms with Gasteiger partial charge in [-0.15, -0.1) is 0 Å². The summed E-state index contributed by atoms with van der Waals surface area (Å²) in [6.07, 6.45) is 1.70. The lowest BCUT2D eigenvalue weighted by molar-refractivity contribution is -0.0503. The van der Waals surface area contributed by atoms with Gasteiger partial charge in [-0.25, -0.2) is 0 Å². The molecule has 1 unspecified atom stereocenters. The van der Waals surface area contributed by atoms with Gasteiger partial charge in [0.2, 0.25) is 0 Å². The van der Waals surface area contributed by atoms with Crippen LogP contribution in [0.25, 0.3) is 0 Å².